The van der Waals surface area contributed by atoms with Gasteiger partial charge in [-0.1, -0.05) is 42.0 Å². The summed E-state index contributed by atoms with van der Waals surface area (Å²) in [6, 6.07) is 14.0. The number of aromatic nitrogens is 2. The predicted octanol–water partition coefficient (Wildman–Crippen LogP) is 5.12. The molecule has 0 radical (unpaired) electrons. The lowest BCUT2D eigenvalue weighted by atomic mass is 10.1. The number of nitrogens with one attached hydrogen (secondary N) is 2. The molecule has 2 aromatic carbocycles. The van der Waals surface area contributed by atoms with Gasteiger partial charge in [-0.05, 0) is 57.4 Å². The highest BCUT2D eigenvalue weighted by atomic mass is 16.2. The molecule has 5 nitrogen and oxygen atoms in total. The Hall–Kier alpha value is -3.08. The van der Waals surface area contributed by atoms with Crippen molar-refractivity contribution < 1.29 is 4.79 Å². The van der Waals surface area contributed by atoms with Crippen LogP contribution in [0.4, 0.5) is 16.2 Å². The number of urea groups is 1. The quantitative estimate of drug-likeness (QED) is 0.677. The van der Waals surface area contributed by atoms with Gasteiger partial charge in [0.05, 0.1) is 23.6 Å². The van der Waals surface area contributed by atoms with E-state index in [9.17, 15) is 4.79 Å². The summed E-state index contributed by atoms with van der Waals surface area (Å²) in [7, 11) is 0. The molecule has 0 spiro atoms. The average Bonchev–Trinajstić information content (AvgIpc) is 2.88. The molecule has 1 aromatic heterocycles. The first-order chi connectivity index (χ1) is 12.8. The molecule has 3 aromatic rings. The van der Waals surface area contributed by atoms with Crippen molar-refractivity contribution in [1.29, 1.82) is 0 Å². The lowest BCUT2D eigenvalue weighted by Gasteiger charge is -2.12. The number of carbonyl (C=O) groups excluding carboxylic acids is 1. The van der Waals surface area contributed by atoms with Crippen molar-refractivity contribution in [1.82, 2.24) is 9.78 Å². The van der Waals surface area contributed by atoms with Gasteiger partial charge in [-0.15, -0.1) is 0 Å². The van der Waals surface area contributed by atoms with E-state index >= 15 is 0 Å². The minimum Gasteiger partial charge on any atom is -0.307 e. The second-order valence-corrected chi connectivity index (χ2v) is 7.02. The van der Waals surface area contributed by atoms with Gasteiger partial charge in [-0.2, -0.15) is 5.10 Å². The molecule has 1 heterocycles. The molecule has 2 amide bonds. The van der Waals surface area contributed by atoms with Gasteiger partial charge in [0.1, 0.15) is 0 Å². The van der Waals surface area contributed by atoms with Crippen LogP contribution in [0.25, 0.3) is 0 Å². The number of rotatable bonds is 4. The number of aryl methyl sites for hydroxylation is 3. The van der Waals surface area contributed by atoms with Crippen LogP contribution in [0.3, 0.4) is 0 Å². The molecule has 0 fully saturated rings. The second-order valence-electron chi connectivity index (χ2n) is 7.02. The Balaban J connectivity index is 1.75. The van der Waals surface area contributed by atoms with Crippen LogP contribution in [0.5, 0.6) is 0 Å². The predicted molar refractivity (Wildman–Crippen MR) is 111 cm³/mol. The molecule has 2 N–H and O–H groups in total. The molecule has 0 aliphatic rings. The highest BCUT2D eigenvalue weighted by Gasteiger charge is 2.15. The highest BCUT2D eigenvalue weighted by Crippen LogP contribution is 2.22. The zero-order valence-corrected chi connectivity index (χ0v) is 16.6. The zero-order chi connectivity index (χ0) is 19.6. The van der Waals surface area contributed by atoms with E-state index in [1.165, 1.54) is 11.1 Å². The number of anilines is 2. The zero-order valence-electron chi connectivity index (χ0n) is 16.6. The Kier molecular flexibility index (Phi) is 5.31. The van der Waals surface area contributed by atoms with Crippen LogP contribution in [-0.4, -0.2) is 15.8 Å². The van der Waals surface area contributed by atoms with Crippen LogP contribution in [-0.2, 0) is 6.54 Å². The lowest BCUT2D eigenvalue weighted by Crippen LogP contribution is -2.21. The monoisotopic (exact) mass is 362 g/mol. The molecular formula is C22H26N4O. The second kappa shape index (κ2) is 7.66. The minimum absolute atomic E-state index is 0.259. The maximum absolute atomic E-state index is 12.5. The topological polar surface area (TPSA) is 59.0 Å². The molecule has 27 heavy (non-hydrogen) atoms. The molecular weight excluding hydrogens is 336 g/mol. The molecule has 3 rings (SSSR count). The Bertz CT molecular complexity index is 971. The number of hydrogen-bond acceptors (Lipinski definition) is 2. The summed E-state index contributed by atoms with van der Waals surface area (Å²) >= 11 is 0. The lowest BCUT2D eigenvalue weighted by molar-refractivity contribution is 0.262. The summed E-state index contributed by atoms with van der Waals surface area (Å²) in [5.74, 6) is 0. The fraction of sp³-hybridized carbons (Fsp3) is 0.273. The van der Waals surface area contributed by atoms with E-state index in [4.69, 9.17) is 0 Å². The van der Waals surface area contributed by atoms with Crippen molar-refractivity contribution in [3.05, 3.63) is 76.1 Å². The van der Waals surface area contributed by atoms with Gasteiger partial charge in [0.15, 0.2) is 0 Å². The summed E-state index contributed by atoms with van der Waals surface area (Å²) in [6.45, 7) is 10.7. The first-order valence-corrected chi connectivity index (χ1v) is 9.09. The van der Waals surface area contributed by atoms with Gasteiger partial charge in [-0.25, -0.2) is 4.79 Å². The van der Waals surface area contributed by atoms with Gasteiger partial charge in [0, 0.05) is 5.69 Å². The first kappa shape index (κ1) is 18.7. The van der Waals surface area contributed by atoms with E-state index in [0.717, 1.165) is 33.9 Å². The fourth-order valence-electron chi connectivity index (χ4n) is 3.05. The van der Waals surface area contributed by atoms with Crippen molar-refractivity contribution in [2.24, 2.45) is 0 Å². The molecule has 0 saturated carbocycles. The third-order valence-electron chi connectivity index (χ3n) is 4.93. The van der Waals surface area contributed by atoms with E-state index in [1.54, 1.807) is 0 Å². The molecule has 0 unspecified atom stereocenters. The summed E-state index contributed by atoms with van der Waals surface area (Å²) in [4.78, 5) is 12.5. The fourth-order valence-corrected chi connectivity index (χ4v) is 3.05. The highest BCUT2D eigenvalue weighted by molar-refractivity contribution is 6.01. The van der Waals surface area contributed by atoms with Crippen molar-refractivity contribution in [2.75, 3.05) is 10.6 Å². The van der Waals surface area contributed by atoms with Crippen molar-refractivity contribution >= 4 is 17.4 Å². The van der Waals surface area contributed by atoms with E-state index in [2.05, 4.69) is 46.9 Å². The van der Waals surface area contributed by atoms with Gasteiger partial charge >= 0.3 is 6.03 Å². The summed E-state index contributed by atoms with van der Waals surface area (Å²) < 4.78 is 1.92. The largest absolute Gasteiger partial charge is 0.323 e. The molecule has 0 saturated heterocycles. The van der Waals surface area contributed by atoms with E-state index in [1.807, 2.05) is 50.6 Å². The minimum atomic E-state index is -0.259. The third-order valence-corrected chi connectivity index (χ3v) is 4.93. The van der Waals surface area contributed by atoms with Crippen LogP contribution in [0.2, 0.25) is 0 Å². The molecule has 0 aliphatic carbocycles. The first-order valence-electron chi connectivity index (χ1n) is 9.09. The normalized spacial score (nSPS) is 10.7. The maximum atomic E-state index is 12.5. The number of amides is 2. The molecule has 140 valence electrons. The average molecular weight is 362 g/mol. The maximum Gasteiger partial charge on any atom is 0.323 e. The summed E-state index contributed by atoms with van der Waals surface area (Å²) in [6.07, 6.45) is 0. The summed E-state index contributed by atoms with van der Waals surface area (Å²) in [5, 5.41) is 10.5. The van der Waals surface area contributed by atoms with E-state index < -0.39 is 0 Å². The van der Waals surface area contributed by atoms with Crippen molar-refractivity contribution in [3.63, 3.8) is 0 Å². The van der Waals surface area contributed by atoms with Gasteiger partial charge in [-0.3, -0.25) is 4.68 Å². The van der Waals surface area contributed by atoms with Crippen molar-refractivity contribution in [3.8, 4) is 0 Å². The van der Waals surface area contributed by atoms with Crippen LogP contribution in [0.1, 0.15) is 33.6 Å². The van der Waals surface area contributed by atoms with Gasteiger partial charge in [0.2, 0.25) is 0 Å². The van der Waals surface area contributed by atoms with Crippen LogP contribution in [0, 0.1) is 34.6 Å². The smallest absolute Gasteiger partial charge is 0.307 e. The van der Waals surface area contributed by atoms with E-state index in [-0.39, 0.29) is 6.03 Å². The van der Waals surface area contributed by atoms with E-state index in [0.29, 0.717) is 6.54 Å². The Morgan fingerprint density at radius 3 is 2.37 bits per heavy atom. The molecule has 5 heteroatoms. The Morgan fingerprint density at radius 2 is 1.67 bits per heavy atom. The van der Waals surface area contributed by atoms with Gasteiger partial charge in [0.25, 0.3) is 0 Å². The van der Waals surface area contributed by atoms with Crippen molar-refractivity contribution in [2.45, 2.75) is 41.2 Å². The number of carbonyl (C=O) groups is 1. The summed E-state index contributed by atoms with van der Waals surface area (Å²) in [5.41, 5.74) is 7.93. The Morgan fingerprint density at radius 1 is 0.963 bits per heavy atom. The number of nitrogens with zero attached hydrogens (tertiary/aromatic N) is 2. The number of hydrogen-bond donors (Lipinski definition) is 2. The standard InChI is InChI=1S/C22H26N4O/c1-14-9-11-19(12-10-14)13-26-18(5)21(17(4)25-26)24-22(27)23-20-8-6-7-15(2)16(20)3/h6-12H,13H2,1-5H3,(H2,23,24,27). The van der Waals surface area contributed by atoms with Crippen LogP contribution >= 0.6 is 0 Å². The molecule has 0 bridgehead atoms. The van der Waals surface area contributed by atoms with Crippen LogP contribution < -0.4 is 10.6 Å². The van der Waals surface area contributed by atoms with Crippen LogP contribution in [0.15, 0.2) is 42.5 Å². The molecule has 0 aliphatic heterocycles. The third kappa shape index (κ3) is 4.19. The molecule has 0 atom stereocenters. The van der Waals surface area contributed by atoms with Gasteiger partial charge < -0.3 is 10.6 Å². The Labute approximate surface area is 160 Å². The number of benzene rings is 2. The SMILES string of the molecule is Cc1ccc(Cn2nc(C)c(NC(=O)Nc3cccc(C)c3C)c2C)cc1.